The molecule has 2 fully saturated rings. The van der Waals surface area contributed by atoms with Crippen LogP contribution in [0.1, 0.15) is 27.7 Å². The van der Waals surface area contributed by atoms with Crippen LogP contribution in [0.4, 0.5) is 0 Å². The lowest BCUT2D eigenvalue weighted by Gasteiger charge is -2.39. The highest BCUT2D eigenvalue weighted by Crippen LogP contribution is 2.18. The van der Waals surface area contributed by atoms with Gasteiger partial charge in [0, 0.05) is 64.7 Å². The second kappa shape index (κ2) is 7.51. The lowest BCUT2D eigenvalue weighted by molar-refractivity contribution is -0.143. The van der Waals surface area contributed by atoms with Gasteiger partial charge in [-0.25, -0.2) is 0 Å². The normalized spacial score (nSPS) is 20.2. The highest BCUT2D eigenvalue weighted by molar-refractivity contribution is 5.82. The second-order valence-electron chi connectivity index (χ2n) is 7.71. The van der Waals surface area contributed by atoms with Gasteiger partial charge in [0.25, 0.3) is 0 Å². The zero-order valence-electron chi connectivity index (χ0n) is 15.4. The Bertz CT molecular complexity index is 485. The standard InChI is InChI=1S/C17H30N4O3/c1-14(22)19-9-11-20(12-10-19)15(23)13-18-5-7-21(8-6-18)16(24)17(2,3)4/h5-13H2,1-4H3. The minimum Gasteiger partial charge on any atom is -0.340 e. The molecule has 0 N–H and O–H groups in total. The van der Waals surface area contributed by atoms with E-state index in [1.54, 1.807) is 11.8 Å². The van der Waals surface area contributed by atoms with Crippen LogP contribution in [0.3, 0.4) is 0 Å². The van der Waals surface area contributed by atoms with Gasteiger partial charge in [0.2, 0.25) is 17.7 Å². The van der Waals surface area contributed by atoms with E-state index in [2.05, 4.69) is 4.90 Å². The van der Waals surface area contributed by atoms with Crippen molar-refractivity contribution >= 4 is 17.7 Å². The van der Waals surface area contributed by atoms with Crippen LogP contribution in [-0.2, 0) is 14.4 Å². The van der Waals surface area contributed by atoms with Gasteiger partial charge in [-0.3, -0.25) is 19.3 Å². The summed E-state index contributed by atoms with van der Waals surface area (Å²) in [4.78, 5) is 43.7. The molecule has 0 spiro atoms. The van der Waals surface area contributed by atoms with Crippen molar-refractivity contribution in [3.05, 3.63) is 0 Å². The molecule has 2 saturated heterocycles. The molecule has 0 unspecified atom stereocenters. The molecule has 0 radical (unpaired) electrons. The number of amides is 3. The van der Waals surface area contributed by atoms with Crippen LogP contribution < -0.4 is 0 Å². The molecular weight excluding hydrogens is 308 g/mol. The van der Waals surface area contributed by atoms with Crippen molar-refractivity contribution in [3.63, 3.8) is 0 Å². The maximum absolute atomic E-state index is 12.4. The summed E-state index contributed by atoms with van der Waals surface area (Å²) >= 11 is 0. The zero-order chi connectivity index (χ0) is 17.9. The minimum absolute atomic E-state index is 0.0711. The molecule has 0 bridgehead atoms. The molecule has 7 nitrogen and oxygen atoms in total. The summed E-state index contributed by atoms with van der Waals surface area (Å²) < 4.78 is 0. The van der Waals surface area contributed by atoms with E-state index in [0.29, 0.717) is 45.8 Å². The Labute approximate surface area is 144 Å². The number of rotatable bonds is 2. The Morgan fingerprint density at radius 3 is 1.67 bits per heavy atom. The fourth-order valence-corrected chi connectivity index (χ4v) is 3.15. The van der Waals surface area contributed by atoms with Crippen molar-refractivity contribution in [2.24, 2.45) is 5.41 Å². The largest absolute Gasteiger partial charge is 0.340 e. The molecule has 0 aromatic rings. The summed E-state index contributed by atoms with van der Waals surface area (Å²) in [5.74, 6) is 0.365. The van der Waals surface area contributed by atoms with Gasteiger partial charge in [0.05, 0.1) is 6.54 Å². The maximum atomic E-state index is 12.4. The average Bonchev–Trinajstić information content (AvgIpc) is 2.54. The number of carbonyl (C=O) groups excluding carboxylic acids is 3. The van der Waals surface area contributed by atoms with Gasteiger partial charge in [0.1, 0.15) is 0 Å². The number of piperazine rings is 2. The van der Waals surface area contributed by atoms with Gasteiger partial charge in [0.15, 0.2) is 0 Å². The molecule has 0 aliphatic carbocycles. The van der Waals surface area contributed by atoms with Crippen LogP contribution in [-0.4, -0.2) is 96.2 Å². The first-order chi connectivity index (χ1) is 11.2. The molecule has 2 aliphatic rings. The Morgan fingerprint density at radius 2 is 1.21 bits per heavy atom. The molecule has 0 aromatic carbocycles. The van der Waals surface area contributed by atoms with E-state index in [0.717, 1.165) is 13.1 Å². The molecule has 0 aromatic heterocycles. The van der Waals surface area contributed by atoms with Gasteiger partial charge in [-0.05, 0) is 0 Å². The van der Waals surface area contributed by atoms with Gasteiger partial charge in [-0.2, -0.15) is 0 Å². The third-order valence-electron chi connectivity index (χ3n) is 4.74. The molecule has 2 heterocycles. The van der Waals surface area contributed by atoms with Crippen molar-refractivity contribution in [2.75, 3.05) is 58.9 Å². The van der Waals surface area contributed by atoms with Crippen LogP contribution in [0.5, 0.6) is 0 Å². The van der Waals surface area contributed by atoms with Crippen molar-refractivity contribution in [1.29, 1.82) is 0 Å². The zero-order valence-corrected chi connectivity index (χ0v) is 15.4. The summed E-state index contributed by atoms with van der Waals surface area (Å²) in [6.45, 7) is 13.1. The van der Waals surface area contributed by atoms with Crippen molar-refractivity contribution in [2.45, 2.75) is 27.7 Å². The molecule has 0 atom stereocenters. The van der Waals surface area contributed by atoms with Gasteiger partial charge < -0.3 is 14.7 Å². The number of hydrogen-bond donors (Lipinski definition) is 0. The van der Waals surface area contributed by atoms with Crippen molar-refractivity contribution in [1.82, 2.24) is 19.6 Å². The van der Waals surface area contributed by atoms with E-state index in [9.17, 15) is 14.4 Å². The first kappa shape index (κ1) is 18.7. The molecule has 24 heavy (non-hydrogen) atoms. The Morgan fingerprint density at radius 1 is 0.750 bits per heavy atom. The predicted octanol–water partition coefficient (Wildman–Crippen LogP) is -0.133. The maximum Gasteiger partial charge on any atom is 0.236 e. The number of hydrogen-bond acceptors (Lipinski definition) is 4. The first-order valence-electron chi connectivity index (χ1n) is 8.73. The SMILES string of the molecule is CC(=O)N1CCN(C(=O)CN2CCN(C(=O)C(C)(C)C)CC2)CC1. The minimum atomic E-state index is -0.353. The van der Waals surface area contributed by atoms with Crippen LogP contribution in [0.15, 0.2) is 0 Å². The Kier molecular flexibility index (Phi) is 5.85. The summed E-state index contributed by atoms with van der Waals surface area (Å²) in [6, 6.07) is 0. The fraction of sp³-hybridized carbons (Fsp3) is 0.824. The van der Waals surface area contributed by atoms with E-state index in [-0.39, 0.29) is 23.1 Å². The lowest BCUT2D eigenvalue weighted by atomic mass is 9.94. The van der Waals surface area contributed by atoms with E-state index < -0.39 is 0 Å². The summed E-state index contributed by atoms with van der Waals surface area (Å²) in [6.07, 6.45) is 0. The topological polar surface area (TPSA) is 64.2 Å². The highest BCUT2D eigenvalue weighted by Gasteiger charge is 2.31. The van der Waals surface area contributed by atoms with Crippen LogP contribution in [0.2, 0.25) is 0 Å². The molecular formula is C17H30N4O3. The molecule has 7 heteroatoms. The number of carbonyl (C=O) groups is 3. The average molecular weight is 338 g/mol. The van der Waals surface area contributed by atoms with E-state index in [1.807, 2.05) is 30.6 Å². The summed E-state index contributed by atoms with van der Waals surface area (Å²) in [5, 5.41) is 0. The smallest absolute Gasteiger partial charge is 0.236 e. The second-order valence-corrected chi connectivity index (χ2v) is 7.71. The quantitative estimate of drug-likeness (QED) is 0.703. The summed E-state index contributed by atoms with van der Waals surface area (Å²) in [7, 11) is 0. The molecule has 2 rings (SSSR count). The van der Waals surface area contributed by atoms with Crippen LogP contribution >= 0.6 is 0 Å². The Balaban J connectivity index is 1.75. The molecule has 136 valence electrons. The molecule has 3 amide bonds. The number of nitrogens with zero attached hydrogens (tertiary/aromatic N) is 4. The molecule has 2 aliphatic heterocycles. The van der Waals surface area contributed by atoms with Crippen LogP contribution in [0.25, 0.3) is 0 Å². The summed E-state index contributed by atoms with van der Waals surface area (Å²) in [5.41, 5.74) is -0.353. The van der Waals surface area contributed by atoms with Crippen molar-refractivity contribution in [3.8, 4) is 0 Å². The first-order valence-corrected chi connectivity index (χ1v) is 8.73. The predicted molar refractivity (Wildman–Crippen MR) is 91.3 cm³/mol. The molecule has 0 saturated carbocycles. The third kappa shape index (κ3) is 4.69. The Hall–Kier alpha value is -1.63. The van der Waals surface area contributed by atoms with E-state index in [4.69, 9.17) is 0 Å². The van der Waals surface area contributed by atoms with Gasteiger partial charge >= 0.3 is 0 Å². The van der Waals surface area contributed by atoms with E-state index >= 15 is 0 Å². The van der Waals surface area contributed by atoms with Crippen LogP contribution in [0, 0.1) is 5.41 Å². The lowest BCUT2D eigenvalue weighted by Crippen LogP contribution is -2.55. The van der Waals surface area contributed by atoms with Crippen molar-refractivity contribution < 1.29 is 14.4 Å². The fourth-order valence-electron chi connectivity index (χ4n) is 3.15. The van der Waals surface area contributed by atoms with E-state index in [1.165, 1.54) is 0 Å². The third-order valence-corrected chi connectivity index (χ3v) is 4.74. The van der Waals surface area contributed by atoms with Gasteiger partial charge in [-0.15, -0.1) is 0 Å². The monoisotopic (exact) mass is 338 g/mol. The van der Waals surface area contributed by atoms with Gasteiger partial charge in [-0.1, -0.05) is 20.8 Å². The highest BCUT2D eigenvalue weighted by atomic mass is 16.2.